The van der Waals surface area contributed by atoms with Crippen molar-refractivity contribution in [2.24, 2.45) is 11.8 Å². The van der Waals surface area contributed by atoms with Gasteiger partial charge in [-0.3, -0.25) is 0 Å². The van der Waals surface area contributed by atoms with Crippen LogP contribution in [0.25, 0.3) is 5.83 Å². The second-order valence-electron chi connectivity index (χ2n) is 11.4. The number of unbranched alkanes of at least 4 members (excludes halogenated alkanes) is 4. The summed E-state index contributed by atoms with van der Waals surface area (Å²) in [6, 6.07) is 9.29. The van der Waals surface area contributed by atoms with Gasteiger partial charge in [-0.1, -0.05) is 56.9 Å². The molecule has 0 atom stereocenters. The van der Waals surface area contributed by atoms with Crippen molar-refractivity contribution in [3.8, 4) is 0 Å². The minimum atomic E-state index is -1.45. The van der Waals surface area contributed by atoms with E-state index < -0.39 is 35.4 Å². The van der Waals surface area contributed by atoms with E-state index in [1.54, 1.807) is 12.1 Å². The molecule has 2 nitrogen and oxygen atoms in total. The molecule has 1 aliphatic carbocycles. The summed E-state index contributed by atoms with van der Waals surface area (Å²) in [5, 5.41) is 0. The third-order valence-corrected chi connectivity index (χ3v) is 8.52. The summed E-state index contributed by atoms with van der Waals surface area (Å²) in [6.45, 7) is 3.29. The Bertz CT molecular complexity index is 1080. The summed E-state index contributed by atoms with van der Waals surface area (Å²) in [7, 11) is 0. The molecular formula is C33H41F5O2. The number of rotatable bonds is 12. The van der Waals surface area contributed by atoms with Crippen molar-refractivity contribution in [1.29, 1.82) is 0 Å². The lowest BCUT2D eigenvalue weighted by atomic mass is 9.74. The molecule has 220 valence electrons. The van der Waals surface area contributed by atoms with Crippen LogP contribution in [0.4, 0.5) is 22.0 Å². The van der Waals surface area contributed by atoms with Crippen molar-refractivity contribution in [2.75, 3.05) is 13.2 Å². The van der Waals surface area contributed by atoms with E-state index >= 15 is 0 Å². The van der Waals surface area contributed by atoms with Gasteiger partial charge in [-0.2, -0.15) is 0 Å². The van der Waals surface area contributed by atoms with Crippen LogP contribution in [0.3, 0.4) is 0 Å². The molecule has 0 aromatic heterocycles. The first kappa shape index (κ1) is 30.7. The third-order valence-electron chi connectivity index (χ3n) is 8.52. The second kappa shape index (κ2) is 15.1. The molecule has 1 saturated carbocycles. The highest BCUT2D eigenvalue weighted by Gasteiger charge is 2.32. The predicted octanol–water partition coefficient (Wildman–Crippen LogP) is 9.97. The Morgan fingerprint density at radius 1 is 0.800 bits per heavy atom. The first-order chi connectivity index (χ1) is 19.4. The zero-order valence-corrected chi connectivity index (χ0v) is 23.4. The van der Waals surface area contributed by atoms with Crippen molar-refractivity contribution in [1.82, 2.24) is 0 Å². The number of benzene rings is 2. The van der Waals surface area contributed by atoms with E-state index in [0.717, 1.165) is 63.5 Å². The second-order valence-corrected chi connectivity index (χ2v) is 11.4. The number of allylic oxidation sites excluding steroid dienone is 1. The van der Waals surface area contributed by atoms with Gasteiger partial charge in [0.1, 0.15) is 5.83 Å². The van der Waals surface area contributed by atoms with Crippen LogP contribution in [-0.4, -0.2) is 19.5 Å². The van der Waals surface area contributed by atoms with Crippen LogP contribution in [-0.2, 0) is 15.9 Å². The molecule has 2 aromatic carbocycles. The molecule has 0 unspecified atom stereocenters. The van der Waals surface area contributed by atoms with Gasteiger partial charge in [0.15, 0.2) is 29.6 Å². The van der Waals surface area contributed by atoms with Crippen molar-refractivity contribution < 1.29 is 31.4 Å². The molecule has 2 aromatic rings. The number of ether oxygens (including phenoxy) is 2. The maximum atomic E-state index is 14.6. The molecule has 2 aliphatic rings. The van der Waals surface area contributed by atoms with E-state index in [4.69, 9.17) is 9.47 Å². The molecule has 0 bridgehead atoms. The molecule has 0 amide bonds. The van der Waals surface area contributed by atoms with E-state index in [-0.39, 0.29) is 6.42 Å². The van der Waals surface area contributed by atoms with E-state index in [2.05, 4.69) is 6.92 Å². The maximum Gasteiger partial charge on any atom is 0.194 e. The Morgan fingerprint density at radius 3 is 2.05 bits per heavy atom. The van der Waals surface area contributed by atoms with Crippen LogP contribution in [0.2, 0.25) is 0 Å². The zero-order chi connectivity index (χ0) is 28.5. The number of hydrogen-bond acceptors (Lipinski definition) is 2. The Balaban J connectivity index is 1.18. The lowest BCUT2D eigenvalue weighted by Crippen LogP contribution is -2.37. The van der Waals surface area contributed by atoms with Gasteiger partial charge < -0.3 is 9.47 Å². The van der Waals surface area contributed by atoms with Gasteiger partial charge in [0.25, 0.3) is 0 Å². The highest BCUT2D eigenvalue weighted by Crippen LogP contribution is 2.40. The van der Waals surface area contributed by atoms with Gasteiger partial charge in [-0.25, -0.2) is 22.0 Å². The molecule has 0 radical (unpaired) electrons. The Kier molecular flexibility index (Phi) is 11.6. The van der Waals surface area contributed by atoms with E-state index in [9.17, 15) is 22.0 Å². The Morgan fingerprint density at radius 2 is 1.43 bits per heavy atom. The fourth-order valence-corrected chi connectivity index (χ4v) is 6.01. The van der Waals surface area contributed by atoms with Gasteiger partial charge in [0.2, 0.25) is 0 Å². The molecule has 4 rings (SSSR count). The molecule has 1 aliphatic heterocycles. The molecule has 0 N–H and O–H groups in total. The third kappa shape index (κ3) is 8.39. The first-order valence-corrected chi connectivity index (χ1v) is 14.9. The van der Waals surface area contributed by atoms with Crippen molar-refractivity contribution in [3.05, 3.63) is 76.4 Å². The molecule has 1 saturated heterocycles. The largest absolute Gasteiger partial charge is 0.352 e. The topological polar surface area (TPSA) is 18.5 Å². The highest BCUT2D eigenvalue weighted by molar-refractivity contribution is 5.61. The van der Waals surface area contributed by atoms with Crippen molar-refractivity contribution in [2.45, 2.75) is 96.2 Å². The molecular weight excluding hydrogens is 523 g/mol. The summed E-state index contributed by atoms with van der Waals surface area (Å²) < 4.78 is 80.7. The lowest BCUT2D eigenvalue weighted by Gasteiger charge is -2.38. The van der Waals surface area contributed by atoms with Gasteiger partial charge in [0.05, 0.1) is 13.2 Å². The summed E-state index contributed by atoms with van der Waals surface area (Å²) in [6.07, 6.45) is 9.56. The van der Waals surface area contributed by atoms with Crippen molar-refractivity contribution >= 4 is 5.83 Å². The van der Waals surface area contributed by atoms with Crippen LogP contribution >= 0.6 is 0 Å². The molecule has 40 heavy (non-hydrogen) atoms. The van der Waals surface area contributed by atoms with E-state index in [1.807, 2.05) is 12.1 Å². The van der Waals surface area contributed by atoms with Crippen LogP contribution in [0.5, 0.6) is 0 Å². The van der Waals surface area contributed by atoms with Gasteiger partial charge in [0, 0.05) is 24.3 Å². The van der Waals surface area contributed by atoms with Crippen LogP contribution in [0.1, 0.15) is 100 Å². The normalized spacial score (nSPS) is 24.1. The lowest BCUT2D eigenvalue weighted by molar-refractivity contribution is -0.211. The summed E-state index contributed by atoms with van der Waals surface area (Å²) in [5.74, 6) is -4.03. The zero-order valence-electron chi connectivity index (χ0n) is 23.4. The average Bonchev–Trinajstić information content (AvgIpc) is 2.98. The number of hydrogen-bond donors (Lipinski definition) is 0. The van der Waals surface area contributed by atoms with Crippen LogP contribution < -0.4 is 0 Å². The summed E-state index contributed by atoms with van der Waals surface area (Å²) in [5.41, 5.74) is 1.85. The summed E-state index contributed by atoms with van der Waals surface area (Å²) in [4.78, 5) is 0. The fraction of sp³-hybridized carbons (Fsp3) is 0.576. The summed E-state index contributed by atoms with van der Waals surface area (Å²) >= 11 is 0. The first-order valence-electron chi connectivity index (χ1n) is 14.9. The smallest absolute Gasteiger partial charge is 0.194 e. The number of halogens is 5. The van der Waals surface area contributed by atoms with E-state index in [0.29, 0.717) is 61.4 Å². The standard InChI is InChI=1S/C33H41F5O2/c1-2-3-4-5-6-7-28(34)32(37)26-15-13-24(14-16-26)23-9-11-25(12-10-23)27-20-39-31(40-21-27)17-8-22-18-29(35)33(38)30(36)19-22/h13-16,18-19,23,25,27,31H,2-12,17,20-21H2,1H3. The van der Waals surface area contributed by atoms with Crippen LogP contribution in [0.15, 0.2) is 42.2 Å². The Labute approximate surface area is 235 Å². The maximum absolute atomic E-state index is 14.6. The number of aryl methyl sites for hydroxylation is 1. The average molecular weight is 565 g/mol. The predicted molar refractivity (Wildman–Crippen MR) is 147 cm³/mol. The van der Waals surface area contributed by atoms with Crippen LogP contribution in [0, 0.1) is 29.3 Å². The molecule has 0 spiro atoms. The van der Waals surface area contributed by atoms with E-state index in [1.165, 1.54) is 5.56 Å². The quantitative estimate of drug-likeness (QED) is 0.145. The Hall–Kier alpha value is -2.25. The van der Waals surface area contributed by atoms with Gasteiger partial charge >= 0.3 is 0 Å². The minimum Gasteiger partial charge on any atom is -0.352 e. The van der Waals surface area contributed by atoms with Gasteiger partial charge in [-0.15, -0.1) is 0 Å². The van der Waals surface area contributed by atoms with Gasteiger partial charge in [-0.05, 0) is 73.6 Å². The SMILES string of the molecule is CCCCCCCC(F)=C(F)c1ccc(C2CCC(C3COC(CCc4cc(F)c(F)c(F)c4)OC3)CC2)cc1. The molecule has 1 heterocycles. The van der Waals surface area contributed by atoms with Crippen molar-refractivity contribution in [3.63, 3.8) is 0 Å². The minimum absolute atomic E-state index is 0.158. The molecule has 7 heteroatoms. The molecule has 2 fully saturated rings. The fourth-order valence-electron chi connectivity index (χ4n) is 6.01. The highest BCUT2D eigenvalue weighted by atomic mass is 19.2. The monoisotopic (exact) mass is 564 g/mol.